The van der Waals surface area contributed by atoms with E-state index in [1.807, 2.05) is 0 Å². The van der Waals surface area contributed by atoms with Gasteiger partial charge in [-0.25, -0.2) is 4.68 Å². The van der Waals surface area contributed by atoms with Crippen molar-refractivity contribution in [3.05, 3.63) is 64.6 Å². The van der Waals surface area contributed by atoms with Gasteiger partial charge in [-0.05, 0) is 18.2 Å². The molecule has 0 atom stereocenters. The zero-order valence-electron chi connectivity index (χ0n) is 12.6. The van der Waals surface area contributed by atoms with E-state index in [0.717, 1.165) is 4.68 Å². The van der Waals surface area contributed by atoms with E-state index in [2.05, 4.69) is 15.3 Å². The van der Waals surface area contributed by atoms with Crippen LogP contribution in [0, 0.1) is 0 Å². The maximum Gasteiger partial charge on any atom is 0.283 e. The molecule has 4 rings (SSSR count). The number of aromatic carboxylic acids is 1. The standard InChI is InChI=1S/C16H10N4O5/c21-15-10-5-2-1-4-9(10)13(16(22)23)19-20(15)8-12-17-18-14(25-12)11-6-3-7-24-11/h1-7H,8H2,(H,22,23)/p-1. The molecule has 124 valence electrons. The van der Waals surface area contributed by atoms with Crippen molar-refractivity contribution in [2.24, 2.45) is 0 Å². The highest BCUT2D eigenvalue weighted by Gasteiger charge is 2.15. The molecule has 0 fully saturated rings. The minimum Gasteiger partial charge on any atom is -0.543 e. The number of hydrogen-bond acceptors (Lipinski definition) is 8. The van der Waals surface area contributed by atoms with Gasteiger partial charge in [-0.15, -0.1) is 10.2 Å². The number of carbonyl (C=O) groups excluding carboxylic acids is 1. The van der Waals surface area contributed by atoms with E-state index in [1.165, 1.54) is 18.4 Å². The number of carboxylic acids is 1. The number of carbonyl (C=O) groups is 1. The van der Waals surface area contributed by atoms with Gasteiger partial charge in [0.05, 0.1) is 17.6 Å². The SMILES string of the molecule is O=C([O-])c1nn(Cc2nnc(-c3ccco3)o2)c(=O)c2ccccc12. The minimum absolute atomic E-state index is 0.0839. The Kier molecular flexibility index (Phi) is 3.38. The van der Waals surface area contributed by atoms with Gasteiger partial charge in [-0.2, -0.15) is 5.10 Å². The molecule has 0 unspecified atom stereocenters. The van der Waals surface area contributed by atoms with Crippen LogP contribution in [0.25, 0.3) is 22.4 Å². The maximum absolute atomic E-state index is 12.5. The summed E-state index contributed by atoms with van der Waals surface area (Å²) in [7, 11) is 0. The summed E-state index contributed by atoms with van der Waals surface area (Å²) in [5, 5.41) is 23.3. The zero-order valence-corrected chi connectivity index (χ0v) is 12.6. The van der Waals surface area contributed by atoms with Crippen LogP contribution in [-0.4, -0.2) is 25.9 Å². The predicted molar refractivity (Wildman–Crippen MR) is 81.4 cm³/mol. The Morgan fingerprint density at radius 3 is 2.64 bits per heavy atom. The quantitative estimate of drug-likeness (QED) is 0.525. The molecule has 9 nitrogen and oxygen atoms in total. The van der Waals surface area contributed by atoms with E-state index in [0.29, 0.717) is 5.76 Å². The van der Waals surface area contributed by atoms with Gasteiger partial charge in [-0.1, -0.05) is 18.2 Å². The van der Waals surface area contributed by atoms with Crippen molar-refractivity contribution in [3.63, 3.8) is 0 Å². The lowest BCUT2D eigenvalue weighted by Gasteiger charge is -2.10. The molecule has 0 amide bonds. The van der Waals surface area contributed by atoms with Crippen molar-refractivity contribution in [1.82, 2.24) is 20.0 Å². The molecule has 0 N–H and O–H groups in total. The summed E-state index contributed by atoms with van der Waals surface area (Å²) in [5.41, 5.74) is -0.806. The van der Waals surface area contributed by atoms with Crippen molar-refractivity contribution in [2.45, 2.75) is 6.54 Å². The van der Waals surface area contributed by atoms with Crippen LogP contribution in [0.4, 0.5) is 0 Å². The number of fused-ring (bicyclic) bond motifs is 1. The molecule has 3 heterocycles. The summed E-state index contributed by atoms with van der Waals surface area (Å²) in [6, 6.07) is 9.58. The second-order valence-corrected chi connectivity index (χ2v) is 5.12. The predicted octanol–water partition coefficient (Wildman–Crippen LogP) is 0.451. The Morgan fingerprint density at radius 2 is 1.92 bits per heavy atom. The molecule has 0 saturated heterocycles. The van der Waals surface area contributed by atoms with E-state index in [9.17, 15) is 14.7 Å². The fraction of sp³-hybridized carbons (Fsp3) is 0.0625. The fourth-order valence-corrected chi connectivity index (χ4v) is 2.44. The lowest BCUT2D eigenvalue weighted by Crippen LogP contribution is -2.31. The van der Waals surface area contributed by atoms with Crippen LogP contribution in [0.5, 0.6) is 0 Å². The average molecular weight is 337 g/mol. The Balaban J connectivity index is 1.78. The Bertz CT molecular complexity index is 1130. The second kappa shape index (κ2) is 5.71. The van der Waals surface area contributed by atoms with Crippen LogP contribution in [0.3, 0.4) is 0 Å². The number of nitrogens with zero attached hydrogens (tertiary/aromatic N) is 4. The van der Waals surface area contributed by atoms with E-state index >= 15 is 0 Å². The average Bonchev–Trinajstić information content (AvgIpc) is 3.28. The lowest BCUT2D eigenvalue weighted by atomic mass is 10.1. The maximum atomic E-state index is 12.5. The lowest BCUT2D eigenvalue weighted by molar-refractivity contribution is -0.255. The van der Waals surface area contributed by atoms with Crippen LogP contribution in [0.1, 0.15) is 16.4 Å². The summed E-state index contributed by atoms with van der Waals surface area (Å²) in [4.78, 5) is 23.9. The van der Waals surface area contributed by atoms with Crippen LogP contribution in [0.15, 0.2) is 56.3 Å². The Morgan fingerprint density at radius 1 is 1.12 bits per heavy atom. The summed E-state index contributed by atoms with van der Waals surface area (Å²) >= 11 is 0. The summed E-state index contributed by atoms with van der Waals surface area (Å²) in [5.74, 6) is -0.866. The van der Waals surface area contributed by atoms with Crippen molar-refractivity contribution in [2.75, 3.05) is 0 Å². The van der Waals surface area contributed by atoms with Gasteiger partial charge >= 0.3 is 0 Å². The van der Waals surface area contributed by atoms with Gasteiger partial charge in [0.2, 0.25) is 5.89 Å². The second-order valence-electron chi connectivity index (χ2n) is 5.12. The molecule has 3 aromatic heterocycles. The summed E-state index contributed by atoms with van der Waals surface area (Å²) in [6.07, 6.45) is 1.46. The number of aromatic nitrogens is 4. The molecule has 4 aromatic rings. The fourth-order valence-electron chi connectivity index (χ4n) is 2.44. The molecule has 9 heteroatoms. The highest BCUT2D eigenvalue weighted by molar-refractivity contribution is 6.00. The molecular weight excluding hydrogens is 328 g/mol. The molecule has 0 aliphatic heterocycles. The first-order valence-corrected chi connectivity index (χ1v) is 7.21. The number of hydrogen-bond donors (Lipinski definition) is 0. The normalized spacial score (nSPS) is 11.0. The smallest absolute Gasteiger partial charge is 0.283 e. The minimum atomic E-state index is -1.48. The van der Waals surface area contributed by atoms with Gasteiger partial charge in [0, 0.05) is 5.39 Å². The number of rotatable bonds is 4. The summed E-state index contributed by atoms with van der Waals surface area (Å²) in [6.45, 7) is -0.183. The molecular formula is C16H9N4O5-. The number of furan rings is 1. The topological polar surface area (TPSA) is 127 Å². The summed E-state index contributed by atoms with van der Waals surface area (Å²) < 4.78 is 11.5. The third kappa shape index (κ3) is 2.57. The van der Waals surface area contributed by atoms with Crippen LogP contribution >= 0.6 is 0 Å². The third-order valence-corrected chi connectivity index (χ3v) is 3.54. The van der Waals surface area contributed by atoms with E-state index in [4.69, 9.17) is 8.83 Å². The zero-order chi connectivity index (χ0) is 17.4. The highest BCUT2D eigenvalue weighted by Crippen LogP contribution is 2.18. The number of benzene rings is 1. The van der Waals surface area contributed by atoms with Gasteiger partial charge in [0.15, 0.2) is 5.76 Å². The van der Waals surface area contributed by atoms with Crippen molar-refractivity contribution in [3.8, 4) is 11.7 Å². The van der Waals surface area contributed by atoms with Crippen LogP contribution in [-0.2, 0) is 6.54 Å². The molecule has 1 aromatic carbocycles. The molecule has 0 saturated carbocycles. The molecule has 0 aliphatic rings. The first-order chi connectivity index (χ1) is 12.1. The molecule has 25 heavy (non-hydrogen) atoms. The van der Waals surface area contributed by atoms with Crippen LogP contribution < -0.4 is 10.7 Å². The van der Waals surface area contributed by atoms with E-state index < -0.39 is 11.5 Å². The van der Waals surface area contributed by atoms with Crippen molar-refractivity contribution in [1.29, 1.82) is 0 Å². The van der Waals surface area contributed by atoms with Gasteiger partial charge in [0.1, 0.15) is 12.2 Å². The van der Waals surface area contributed by atoms with Gasteiger partial charge in [0.25, 0.3) is 11.4 Å². The highest BCUT2D eigenvalue weighted by atomic mass is 16.4. The van der Waals surface area contributed by atoms with Crippen molar-refractivity contribution < 1.29 is 18.7 Å². The van der Waals surface area contributed by atoms with Crippen molar-refractivity contribution >= 4 is 16.7 Å². The Labute approximate surface area is 139 Å². The molecule has 0 aliphatic carbocycles. The largest absolute Gasteiger partial charge is 0.543 e. The molecule has 0 bridgehead atoms. The molecule has 0 spiro atoms. The Hall–Kier alpha value is -3.75. The van der Waals surface area contributed by atoms with Crippen LogP contribution in [0.2, 0.25) is 0 Å². The third-order valence-electron chi connectivity index (χ3n) is 3.54. The first kappa shape index (κ1) is 14.8. The van der Waals surface area contributed by atoms with Gasteiger partial charge < -0.3 is 18.7 Å². The molecule has 0 radical (unpaired) electrons. The monoisotopic (exact) mass is 337 g/mol. The number of carboxylic acid groups (broad SMARTS) is 1. The van der Waals surface area contributed by atoms with Gasteiger partial charge in [-0.3, -0.25) is 4.79 Å². The van der Waals surface area contributed by atoms with E-state index in [1.54, 1.807) is 24.3 Å². The first-order valence-electron chi connectivity index (χ1n) is 7.21. The van der Waals surface area contributed by atoms with E-state index in [-0.39, 0.29) is 34.8 Å².